The Balaban J connectivity index is 3.99. The van der Waals surface area contributed by atoms with Crippen LogP contribution in [0.5, 0.6) is 0 Å². The summed E-state index contributed by atoms with van der Waals surface area (Å²) in [6, 6.07) is 0. The van der Waals surface area contributed by atoms with Crippen molar-refractivity contribution < 1.29 is 10.0 Å². The molecule has 0 rings (SSSR count). The van der Waals surface area contributed by atoms with Crippen LogP contribution < -0.4 is 0 Å². The van der Waals surface area contributed by atoms with E-state index in [1.54, 1.807) is 0 Å². The Bertz CT molecular complexity index is 150. The first kappa shape index (κ1) is 9.14. The van der Waals surface area contributed by atoms with Gasteiger partial charge in [0.1, 0.15) is 5.71 Å². The average Bonchev–Trinajstić information content (AvgIpc) is 1.81. The van der Waals surface area contributed by atoms with Crippen LogP contribution in [0.25, 0.3) is 0 Å². The summed E-state index contributed by atoms with van der Waals surface area (Å²) in [5, 5.41) is 11.2. The van der Waals surface area contributed by atoms with Crippen LogP contribution in [0, 0.1) is 5.92 Å². The van der Waals surface area contributed by atoms with Gasteiger partial charge in [-0.1, -0.05) is 19.0 Å². The summed E-state index contributed by atoms with van der Waals surface area (Å²) in [7, 11) is 0. The molecule has 0 aliphatic carbocycles. The second-order valence-electron chi connectivity index (χ2n) is 2.70. The number of ketones is 1. The van der Waals surface area contributed by atoms with Gasteiger partial charge >= 0.3 is 0 Å². The van der Waals surface area contributed by atoms with Crippen LogP contribution >= 0.6 is 0 Å². The first-order chi connectivity index (χ1) is 4.57. The lowest BCUT2D eigenvalue weighted by molar-refractivity contribution is -0.111. The largest absolute Gasteiger partial charge is 0.411 e. The zero-order valence-electron chi connectivity index (χ0n) is 6.59. The number of oxime groups is 1. The molecule has 0 fully saturated rings. The normalized spacial score (nSPS) is 12.2. The highest BCUT2D eigenvalue weighted by Gasteiger charge is 2.07. The highest BCUT2D eigenvalue weighted by Crippen LogP contribution is 2.01. The smallest absolute Gasteiger partial charge is 0.177 e. The van der Waals surface area contributed by atoms with Crippen LogP contribution in [0.4, 0.5) is 0 Å². The van der Waals surface area contributed by atoms with Gasteiger partial charge in [0.05, 0.1) is 0 Å². The Labute approximate surface area is 60.7 Å². The van der Waals surface area contributed by atoms with Crippen molar-refractivity contribution in [2.45, 2.75) is 27.2 Å². The minimum absolute atomic E-state index is 0.156. The predicted octanol–water partition coefficient (Wildman–Crippen LogP) is 1.45. The Morgan fingerprint density at radius 1 is 1.60 bits per heavy atom. The van der Waals surface area contributed by atoms with Gasteiger partial charge in [0.15, 0.2) is 5.78 Å². The summed E-state index contributed by atoms with van der Waals surface area (Å²) in [6.45, 7) is 5.33. The molecule has 0 aliphatic rings. The van der Waals surface area contributed by atoms with Gasteiger partial charge < -0.3 is 5.21 Å². The van der Waals surface area contributed by atoms with Crippen molar-refractivity contribution in [1.82, 2.24) is 0 Å². The van der Waals surface area contributed by atoms with E-state index >= 15 is 0 Å². The lowest BCUT2D eigenvalue weighted by atomic mass is 10.0. The maximum Gasteiger partial charge on any atom is 0.177 e. The number of carbonyl (C=O) groups excluding carboxylic acids is 1. The summed E-state index contributed by atoms with van der Waals surface area (Å²) < 4.78 is 0. The van der Waals surface area contributed by atoms with Gasteiger partial charge in [0.2, 0.25) is 0 Å². The lowest BCUT2D eigenvalue weighted by Gasteiger charge is -2.01. The van der Waals surface area contributed by atoms with E-state index in [2.05, 4.69) is 5.16 Å². The molecule has 0 atom stereocenters. The van der Waals surface area contributed by atoms with E-state index in [-0.39, 0.29) is 11.5 Å². The van der Waals surface area contributed by atoms with Crippen molar-refractivity contribution in [3.63, 3.8) is 0 Å². The van der Waals surface area contributed by atoms with Crippen molar-refractivity contribution in [3.05, 3.63) is 0 Å². The van der Waals surface area contributed by atoms with Crippen LogP contribution in [0.1, 0.15) is 27.2 Å². The topological polar surface area (TPSA) is 49.7 Å². The van der Waals surface area contributed by atoms with Crippen molar-refractivity contribution >= 4 is 11.5 Å². The maximum absolute atomic E-state index is 10.6. The molecule has 10 heavy (non-hydrogen) atoms. The highest BCUT2D eigenvalue weighted by atomic mass is 16.4. The zero-order valence-corrected chi connectivity index (χ0v) is 6.59. The minimum Gasteiger partial charge on any atom is -0.411 e. The van der Waals surface area contributed by atoms with Crippen LogP contribution in [-0.4, -0.2) is 16.7 Å². The minimum atomic E-state index is -0.156. The first-order valence-electron chi connectivity index (χ1n) is 3.29. The second kappa shape index (κ2) is 4.04. The molecule has 58 valence electrons. The third-order valence-corrected chi connectivity index (χ3v) is 1.13. The monoisotopic (exact) mass is 143 g/mol. The molecule has 0 aliphatic heterocycles. The third-order valence-electron chi connectivity index (χ3n) is 1.13. The van der Waals surface area contributed by atoms with Crippen molar-refractivity contribution in [3.8, 4) is 0 Å². The molecular formula is C7H13NO2. The van der Waals surface area contributed by atoms with E-state index in [1.165, 1.54) is 6.92 Å². The van der Waals surface area contributed by atoms with Crippen molar-refractivity contribution in [2.75, 3.05) is 0 Å². The van der Waals surface area contributed by atoms with Crippen LogP contribution in [0.3, 0.4) is 0 Å². The molecule has 0 amide bonds. The van der Waals surface area contributed by atoms with Gasteiger partial charge in [-0.3, -0.25) is 4.79 Å². The number of Topliss-reactive ketones (excluding diaryl/α,β-unsaturated/α-hetero) is 1. The lowest BCUT2D eigenvalue weighted by Crippen LogP contribution is -2.12. The van der Waals surface area contributed by atoms with E-state index in [9.17, 15) is 4.79 Å². The Kier molecular flexibility index (Phi) is 3.69. The molecule has 0 aromatic rings. The maximum atomic E-state index is 10.6. The van der Waals surface area contributed by atoms with Crippen molar-refractivity contribution in [2.24, 2.45) is 11.1 Å². The van der Waals surface area contributed by atoms with Crippen molar-refractivity contribution in [1.29, 1.82) is 0 Å². The van der Waals surface area contributed by atoms with E-state index in [0.717, 1.165) is 0 Å². The fraction of sp³-hybridized carbons (Fsp3) is 0.714. The van der Waals surface area contributed by atoms with Crippen LogP contribution in [0.2, 0.25) is 0 Å². The highest BCUT2D eigenvalue weighted by molar-refractivity contribution is 6.38. The van der Waals surface area contributed by atoms with Gasteiger partial charge in [0.25, 0.3) is 0 Å². The molecule has 1 N–H and O–H groups in total. The number of carbonyl (C=O) groups is 1. The molecule has 0 saturated heterocycles. The Hall–Kier alpha value is -0.860. The summed E-state index contributed by atoms with van der Waals surface area (Å²) in [4.78, 5) is 10.6. The van der Waals surface area contributed by atoms with Crippen LogP contribution in [-0.2, 0) is 4.79 Å². The standard InChI is InChI=1S/C7H13NO2/c1-5(2)4-7(8-10)6(3)9/h5,10H,4H2,1-3H3. The van der Waals surface area contributed by atoms with Gasteiger partial charge in [-0.15, -0.1) is 0 Å². The van der Waals surface area contributed by atoms with Gasteiger partial charge in [-0.2, -0.15) is 0 Å². The summed E-state index contributed by atoms with van der Waals surface area (Å²) in [5.41, 5.74) is 0.259. The zero-order chi connectivity index (χ0) is 8.15. The molecular weight excluding hydrogens is 130 g/mol. The predicted molar refractivity (Wildman–Crippen MR) is 39.4 cm³/mol. The summed E-state index contributed by atoms with van der Waals surface area (Å²) >= 11 is 0. The fourth-order valence-corrected chi connectivity index (χ4v) is 0.642. The summed E-state index contributed by atoms with van der Waals surface area (Å²) in [5.74, 6) is 0.200. The number of nitrogens with zero attached hydrogens (tertiary/aromatic N) is 1. The molecule has 0 radical (unpaired) electrons. The van der Waals surface area contributed by atoms with Gasteiger partial charge in [-0.05, 0) is 12.3 Å². The third kappa shape index (κ3) is 3.22. The Morgan fingerprint density at radius 3 is 2.20 bits per heavy atom. The van der Waals surface area contributed by atoms with E-state index < -0.39 is 0 Å². The van der Waals surface area contributed by atoms with E-state index in [0.29, 0.717) is 12.3 Å². The van der Waals surface area contributed by atoms with E-state index in [4.69, 9.17) is 5.21 Å². The van der Waals surface area contributed by atoms with Gasteiger partial charge in [-0.25, -0.2) is 0 Å². The molecule has 3 nitrogen and oxygen atoms in total. The number of hydrogen-bond donors (Lipinski definition) is 1. The molecule has 3 heteroatoms. The Morgan fingerprint density at radius 2 is 2.10 bits per heavy atom. The van der Waals surface area contributed by atoms with Gasteiger partial charge in [0, 0.05) is 6.92 Å². The summed E-state index contributed by atoms with van der Waals surface area (Å²) in [6.07, 6.45) is 0.547. The fourth-order valence-electron chi connectivity index (χ4n) is 0.642. The molecule has 0 saturated carbocycles. The molecule has 0 heterocycles. The molecule has 0 unspecified atom stereocenters. The molecule has 0 bridgehead atoms. The SMILES string of the molecule is CC(=O)C(CC(C)C)=NO. The number of rotatable bonds is 3. The number of hydrogen-bond acceptors (Lipinski definition) is 3. The van der Waals surface area contributed by atoms with Crippen LogP contribution in [0.15, 0.2) is 5.16 Å². The average molecular weight is 143 g/mol. The molecule has 0 aromatic carbocycles. The first-order valence-corrected chi connectivity index (χ1v) is 3.29. The molecule has 0 spiro atoms. The van der Waals surface area contributed by atoms with E-state index in [1.807, 2.05) is 13.8 Å². The quantitative estimate of drug-likeness (QED) is 0.369. The molecule has 0 aromatic heterocycles. The second-order valence-corrected chi connectivity index (χ2v) is 2.70.